The number of hydrogen-bond acceptors (Lipinski definition) is 3. The molecule has 1 aliphatic rings. The van der Waals surface area contributed by atoms with Crippen LogP contribution in [0.1, 0.15) is 84.6 Å². The van der Waals surface area contributed by atoms with Crippen molar-refractivity contribution in [1.82, 2.24) is 10.2 Å². The second-order valence-corrected chi connectivity index (χ2v) is 10.1. The highest BCUT2D eigenvalue weighted by molar-refractivity contribution is 5.73. The molecule has 31 heavy (non-hydrogen) atoms. The maximum Gasteiger partial charge on any atom is 0.414 e. The Labute approximate surface area is 187 Å². The number of ether oxygens (including phenoxy) is 1. The summed E-state index contributed by atoms with van der Waals surface area (Å²) in [6, 6.07) is 7.60. The molecule has 1 saturated carbocycles. The van der Waals surface area contributed by atoms with E-state index in [0.29, 0.717) is 18.6 Å². The Hall–Kier alpha value is -2.24. The lowest BCUT2D eigenvalue weighted by molar-refractivity contribution is -0.0126. The highest BCUT2D eigenvalue weighted by atomic mass is 16.6. The van der Waals surface area contributed by atoms with Gasteiger partial charge in [0.2, 0.25) is 0 Å². The van der Waals surface area contributed by atoms with Crippen LogP contribution in [-0.4, -0.2) is 34.9 Å². The summed E-state index contributed by atoms with van der Waals surface area (Å²) in [4.78, 5) is 25.7. The number of benzene rings is 1. The fourth-order valence-electron chi connectivity index (χ4n) is 5.13. The van der Waals surface area contributed by atoms with E-state index in [-0.39, 0.29) is 11.3 Å². The van der Waals surface area contributed by atoms with Gasteiger partial charge in [-0.1, -0.05) is 65.5 Å². The third-order valence-corrected chi connectivity index (χ3v) is 6.32. The van der Waals surface area contributed by atoms with Gasteiger partial charge in [-0.05, 0) is 61.1 Å². The van der Waals surface area contributed by atoms with Crippen molar-refractivity contribution in [1.29, 1.82) is 0 Å². The molecular formula is C25H40N2O4. The van der Waals surface area contributed by atoms with Crippen LogP contribution in [0.3, 0.4) is 0 Å². The largest absolute Gasteiger partial charge is 0.465 e. The number of nitrogens with one attached hydrogen (secondary N) is 1. The highest BCUT2D eigenvalue weighted by Gasteiger charge is 2.48. The number of nitrogens with zero attached hydrogens (tertiary/aromatic N) is 1. The molecule has 0 saturated heterocycles. The number of aryl methyl sites for hydroxylation is 1. The second kappa shape index (κ2) is 10.9. The van der Waals surface area contributed by atoms with E-state index in [9.17, 15) is 14.7 Å². The molecule has 6 nitrogen and oxygen atoms in total. The first kappa shape index (κ1) is 25.0. The van der Waals surface area contributed by atoms with Crippen LogP contribution in [0.15, 0.2) is 24.3 Å². The first-order valence-corrected chi connectivity index (χ1v) is 11.6. The van der Waals surface area contributed by atoms with Crippen molar-refractivity contribution in [2.24, 2.45) is 11.3 Å². The lowest BCUT2D eigenvalue weighted by Crippen LogP contribution is -2.65. The molecule has 2 amide bonds. The summed E-state index contributed by atoms with van der Waals surface area (Å²) < 4.78 is 5.52. The number of amides is 2. The van der Waals surface area contributed by atoms with Gasteiger partial charge in [-0.3, -0.25) is 10.2 Å². The van der Waals surface area contributed by atoms with Gasteiger partial charge < -0.3 is 9.84 Å². The van der Waals surface area contributed by atoms with E-state index in [1.165, 1.54) is 49.6 Å². The summed E-state index contributed by atoms with van der Waals surface area (Å²) >= 11 is 0. The minimum Gasteiger partial charge on any atom is -0.465 e. The Kier molecular flexibility index (Phi) is 8.78. The van der Waals surface area contributed by atoms with Crippen molar-refractivity contribution < 1.29 is 19.4 Å². The van der Waals surface area contributed by atoms with Gasteiger partial charge in [0.1, 0.15) is 11.4 Å². The van der Waals surface area contributed by atoms with Gasteiger partial charge in [-0.25, -0.2) is 9.59 Å². The molecule has 2 atom stereocenters. The van der Waals surface area contributed by atoms with Crippen LogP contribution in [-0.2, 0) is 6.42 Å². The van der Waals surface area contributed by atoms with Crippen LogP contribution in [0.5, 0.6) is 5.75 Å². The molecule has 1 fully saturated rings. The average molecular weight is 433 g/mol. The van der Waals surface area contributed by atoms with Gasteiger partial charge >= 0.3 is 12.2 Å². The minimum absolute atomic E-state index is 0.0898. The smallest absolute Gasteiger partial charge is 0.414 e. The van der Waals surface area contributed by atoms with E-state index in [2.05, 4.69) is 33.0 Å². The van der Waals surface area contributed by atoms with Crippen LogP contribution in [0.25, 0.3) is 0 Å². The van der Waals surface area contributed by atoms with E-state index in [1.807, 2.05) is 24.3 Å². The Morgan fingerprint density at radius 2 is 1.77 bits per heavy atom. The second-order valence-electron chi connectivity index (χ2n) is 10.1. The van der Waals surface area contributed by atoms with Crippen molar-refractivity contribution in [2.75, 3.05) is 7.05 Å². The van der Waals surface area contributed by atoms with Gasteiger partial charge in [-0.15, -0.1) is 0 Å². The molecule has 0 bridgehead atoms. The Balaban J connectivity index is 2.00. The van der Waals surface area contributed by atoms with Crippen LogP contribution in [0, 0.1) is 11.3 Å². The van der Waals surface area contributed by atoms with Crippen LogP contribution in [0.4, 0.5) is 9.59 Å². The van der Waals surface area contributed by atoms with Crippen LogP contribution >= 0.6 is 0 Å². The predicted octanol–water partition coefficient (Wildman–Crippen LogP) is 6.44. The van der Waals surface area contributed by atoms with Crippen molar-refractivity contribution in [3.05, 3.63) is 29.8 Å². The molecule has 1 aromatic carbocycles. The summed E-state index contributed by atoms with van der Waals surface area (Å²) in [6.07, 6.45) is 7.64. The normalized spacial score (nSPS) is 22.5. The maximum atomic E-state index is 12.7. The molecule has 0 heterocycles. The molecule has 6 heteroatoms. The zero-order valence-corrected chi connectivity index (χ0v) is 19.9. The number of unbranched alkanes of at least 4 members (excludes halogenated alkanes) is 4. The summed E-state index contributed by atoms with van der Waals surface area (Å²) in [7, 11) is 1.52. The molecule has 1 aliphatic carbocycles. The third kappa shape index (κ3) is 7.44. The van der Waals surface area contributed by atoms with Crippen molar-refractivity contribution in [3.8, 4) is 5.75 Å². The third-order valence-electron chi connectivity index (χ3n) is 6.32. The first-order valence-electron chi connectivity index (χ1n) is 11.6. The van der Waals surface area contributed by atoms with E-state index in [1.54, 1.807) is 0 Å². The minimum atomic E-state index is -1.06. The lowest BCUT2D eigenvalue weighted by atomic mass is 9.67. The summed E-state index contributed by atoms with van der Waals surface area (Å²) in [5, 5.41) is 12.5. The van der Waals surface area contributed by atoms with E-state index < -0.39 is 17.8 Å². The molecule has 174 valence electrons. The zero-order valence-electron chi connectivity index (χ0n) is 19.9. The summed E-state index contributed by atoms with van der Waals surface area (Å²) in [6.45, 7) is 8.54. The monoisotopic (exact) mass is 432 g/mol. The average Bonchev–Trinajstić information content (AvgIpc) is 2.66. The number of rotatable bonds is 9. The quantitative estimate of drug-likeness (QED) is 0.348. The van der Waals surface area contributed by atoms with Gasteiger partial charge in [0.05, 0.1) is 0 Å². The molecule has 2 rings (SSSR count). The van der Waals surface area contributed by atoms with Crippen LogP contribution in [0.2, 0.25) is 0 Å². The van der Waals surface area contributed by atoms with E-state index in [0.717, 1.165) is 12.8 Å². The SMILES string of the molecule is CCCCCCCc1ccc(OC(=O)NC2(N(C)C(=O)O)CC(C)CC(C)(C)C2)cc1. The fraction of sp³-hybridized carbons (Fsp3) is 0.680. The lowest BCUT2D eigenvalue weighted by Gasteiger charge is -2.50. The number of carbonyl (C=O) groups is 2. The maximum absolute atomic E-state index is 12.7. The van der Waals surface area contributed by atoms with E-state index in [4.69, 9.17) is 4.74 Å². The molecule has 0 radical (unpaired) electrons. The Bertz CT molecular complexity index is 732. The Morgan fingerprint density at radius 1 is 1.13 bits per heavy atom. The van der Waals surface area contributed by atoms with Gasteiger partial charge in [0.15, 0.2) is 0 Å². The van der Waals surface area contributed by atoms with Crippen molar-refractivity contribution in [2.45, 2.75) is 91.1 Å². The Morgan fingerprint density at radius 3 is 2.35 bits per heavy atom. The predicted molar refractivity (Wildman–Crippen MR) is 123 cm³/mol. The fourth-order valence-corrected chi connectivity index (χ4v) is 5.13. The van der Waals surface area contributed by atoms with E-state index >= 15 is 0 Å². The van der Waals surface area contributed by atoms with Gasteiger partial charge in [0.25, 0.3) is 0 Å². The molecule has 1 aromatic rings. The van der Waals surface area contributed by atoms with Crippen molar-refractivity contribution in [3.63, 3.8) is 0 Å². The summed E-state index contributed by atoms with van der Waals surface area (Å²) in [5.74, 6) is 0.742. The molecular weight excluding hydrogens is 392 g/mol. The molecule has 0 aliphatic heterocycles. The molecule has 0 aromatic heterocycles. The molecule has 0 spiro atoms. The number of hydrogen-bond donors (Lipinski definition) is 2. The van der Waals surface area contributed by atoms with Gasteiger partial charge in [0, 0.05) is 7.05 Å². The number of carboxylic acid groups (broad SMARTS) is 1. The topological polar surface area (TPSA) is 78.9 Å². The van der Waals surface area contributed by atoms with Gasteiger partial charge in [-0.2, -0.15) is 0 Å². The highest BCUT2D eigenvalue weighted by Crippen LogP contribution is 2.45. The first-order chi connectivity index (χ1) is 14.6. The standard InChI is InChI=1S/C25H40N2O4/c1-6-7-8-9-10-11-20-12-14-21(15-13-20)31-22(28)26-25(27(5)23(29)30)17-19(2)16-24(3,4)18-25/h12-15,19H,6-11,16-18H2,1-5H3,(H,26,28)(H,29,30). The number of carbonyl (C=O) groups excluding carboxylic acids is 1. The van der Waals surface area contributed by atoms with Crippen LogP contribution < -0.4 is 10.1 Å². The van der Waals surface area contributed by atoms with Crippen molar-refractivity contribution >= 4 is 12.2 Å². The summed E-state index contributed by atoms with van der Waals surface area (Å²) in [5.41, 5.74) is 0.157. The molecule has 2 unspecified atom stereocenters. The molecule has 2 N–H and O–H groups in total. The zero-order chi connectivity index (χ0) is 23.1.